The van der Waals surface area contributed by atoms with Crippen LogP contribution in [-0.2, 0) is 0 Å². The molecule has 0 radical (unpaired) electrons. The molecule has 26 heavy (non-hydrogen) atoms. The van der Waals surface area contributed by atoms with Crippen molar-refractivity contribution in [3.8, 4) is 11.5 Å². The van der Waals surface area contributed by atoms with Gasteiger partial charge in [-0.25, -0.2) is 9.97 Å². The van der Waals surface area contributed by atoms with Crippen LogP contribution >= 0.6 is 0 Å². The van der Waals surface area contributed by atoms with E-state index >= 15 is 0 Å². The molecule has 1 unspecified atom stereocenters. The van der Waals surface area contributed by atoms with Crippen LogP contribution in [0.4, 0.5) is 11.4 Å². The standard InChI is InChI=1S/C17H16N7O2/c1-25-14-5-12(6-15(7-14)26-2)21-17-22-16-10-18-3-4-24(16,23-17)13-8-19-11-20-9-13/h3-11H,1-2H3,(H,21,23)/q+1. The predicted octanol–water partition coefficient (Wildman–Crippen LogP) is 2.15. The molecule has 1 aromatic carbocycles. The van der Waals surface area contributed by atoms with Gasteiger partial charge in [0.25, 0.3) is 11.8 Å². The van der Waals surface area contributed by atoms with Gasteiger partial charge in [0.2, 0.25) is 5.69 Å². The molecule has 130 valence electrons. The Morgan fingerprint density at radius 3 is 2.42 bits per heavy atom. The van der Waals surface area contributed by atoms with E-state index in [0.717, 1.165) is 11.4 Å². The third kappa shape index (κ3) is 2.70. The van der Waals surface area contributed by atoms with Crippen molar-refractivity contribution in [1.29, 1.82) is 0 Å². The summed E-state index contributed by atoms with van der Waals surface area (Å²) in [6.07, 6.45) is 10.0. The van der Waals surface area contributed by atoms with Crippen LogP contribution in [0.3, 0.4) is 0 Å². The molecular weight excluding hydrogens is 334 g/mol. The molecule has 4 rings (SSSR count). The SMILES string of the molecule is COc1cc(NC2=N[N+]3(c4cncnc4)C=CN=CC3=N2)cc(OC)c1. The lowest BCUT2D eigenvalue weighted by Crippen LogP contribution is -2.44. The zero-order valence-electron chi connectivity index (χ0n) is 14.2. The lowest BCUT2D eigenvalue weighted by molar-refractivity contribution is 0.395. The Bertz CT molecular complexity index is 931. The first-order valence-electron chi connectivity index (χ1n) is 7.78. The first-order valence-corrected chi connectivity index (χ1v) is 7.78. The number of aromatic nitrogens is 2. The predicted molar refractivity (Wildman–Crippen MR) is 99.5 cm³/mol. The third-order valence-electron chi connectivity index (χ3n) is 3.93. The average molecular weight is 350 g/mol. The van der Waals surface area contributed by atoms with Crippen LogP contribution in [0.1, 0.15) is 0 Å². The molecule has 1 N–H and O–H groups in total. The summed E-state index contributed by atoms with van der Waals surface area (Å²) in [6.45, 7) is 0. The molecule has 0 saturated carbocycles. The molecule has 2 aliphatic rings. The van der Waals surface area contributed by atoms with E-state index in [1.807, 2.05) is 18.3 Å². The Labute approximate surface area is 149 Å². The number of aliphatic imine (C=N–C) groups is 2. The van der Waals surface area contributed by atoms with Gasteiger partial charge in [-0.2, -0.15) is 4.99 Å². The van der Waals surface area contributed by atoms with Crippen molar-refractivity contribution in [3.63, 3.8) is 0 Å². The van der Waals surface area contributed by atoms with Gasteiger partial charge in [-0.15, -0.1) is 0 Å². The van der Waals surface area contributed by atoms with Crippen LogP contribution in [0.25, 0.3) is 0 Å². The van der Waals surface area contributed by atoms with Crippen molar-refractivity contribution in [2.45, 2.75) is 0 Å². The number of benzene rings is 1. The van der Waals surface area contributed by atoms with E-state index in [9.17, 15) is 0 Å². The van der Waals surface area contributed by atoms with Crippen molar-refractivity contribution < 1.29 is 9.47 Å². The molecule has 1 aromatic heterocycles. The topological polar surface area (TPSA) is 93.3 Å². The van der Waals surface area contributed by atoms with E-state index in [-0.39, 0.29) is 4.59 Å². The number of ether oxygens (including phenoxy) is 2. The van der Waals surface area contributed by atoms with Crippen LogP contribution in [0.15, 0.2) is 64.4 Å². The van der Waals surface area contributed by atoms with Gasteiger partial charge in [-0.3, -0.25) is 4.99 Å². The molecule has 0 aliphatic carbocycles. The average Bonchev–Trinajstić information content (AvgIpc) is 3.07. The van der Waals surface area contributed by atoms with E-state index < -0.39 is 0 Å². The highest BCUT2D eigenvalue weighted by atomic mass is 16.5. The number of rotatable bonds is 4. The monoisotopic (exact) mass is 350 g/mol. The molecule has 0 fully saturated rings. The van der Waals surface area contributed by atoms with Crippen molar-refractivity contribution >= 4 is 29.4 Å². The van der Waals surface area contributed by atoms with Crippen LogP contribution in [0, 0.1) is 0 Å². The van der Waals surface area contributed by atoms with Crippen LogP contribution in [0.2, 0.25) is 0 Å². The molecule has 9 heteroatoms. The zero-order chi connectivity index (χ0) is 18.0. The Morgan fingerprint density at radius 2 is 1.73 bits per heavy atom. The van der Waals surface area contributed by atoms with Gasteiger partial charge in [0.1, 0.15) is 24.0 Å². The molecule has 2 aliphatic heterocycles. The number of nitrogens with zero attached hydrogens (tertiary/aromatic N) is 6. The first kappa shape index (κ1) is 15.9. The maximum atomic E-state index is 5.30. The Balaban J connectivity index is 1.72. The highest BCUT2D eigenvalue weighted by molar-refractivity contribution is 6.38. The smallest absolute Gasteiger partial charge is 0.287 e. The van der Waals surface area contributed by atoms with Crippen molar-refractivity contribution in [2.75, 3.05) is 19.5 Å². The first-order chi connectivity index (χ1) is 12.7. The molecule has 2 aromatic rings. The van der Waals surface area contributed by atoms with Crippen molar-refractivity contribution in [3.05, 3.63) is 49.3 Å². The summed E-state index contributed by atoms with van der Waals surface area (Å²) in [4.78, 5) is 16.9. The maximum absolute atomic E-state index is 5.30. The molecule has 1 atom stereocenters. The van der Waals surface area contributed by atoms with Gasteiger partial charge in [0.05, 0.1) is 32.8 Å². The molecular formula is C17H16N7O2+. The third-order valence-corrected chi connectivity index (χ3v) is 3.93. The lowest BCUT2D eigenvalue weighted by atomic mass is 10.3. The number of hydrogen-bond acceptors (Lipinski definition) is 8. The fourth-order valence-electron chi connectivity index (χ4n) is 2.68. The number of quaternary nitrogens is 1. The second-order valence-electron chi connectivity index (χ2n) is 5.48. The summed E-state index contributed by atoms with van der Waals surface area (Å²) < 4.78 is 10.6. The minimum atomic E-state index is 0.0216. The van der Waals surface area contributed by atoms with Gasteiger partial charge in [-0.1, -0.05) is 4.59 Å². The second-order valence-corrected chi connectivity index (χ2v) is 5.48. The number of hydrogen-bond donors (Lipinski definition) is 1. The van der Waals surface area contributed by atoms with Crippen LogP contribution in [-0.4, -0.2) is 42.2 Å². The molecule has 3 heterocycles. The van der Waals surface area contributed by atoms with Gasteiger partial charge in [0, 0.05) is 23.9 Å². The zero-order valence-corrected chi connectivity index (χ0v) is 14.2. The lowest BCUT2D eigenvalue weighted by Gasteiger charge is -2.22. The van der Waals surface area contributed by atoms with E-state index in [4.69, 9.17) is 14.6 Å². The molecule has 0 bridgehead atoms. The molecule has 0 spiro atoms. The fraction of sp³-hybridized carbons (Fsp3) is 0.118. The van der Waals surface area contributed by atoms with Crippen LogP contribution < -0.4 is 19.4 Å². The maximum Gasteiger partial charge on any atom is 0.287 e. The van der Waals surface area contributed by atoms with Gasteiger partial charge < -0.3 is 14.8 Å². The summed E-state index contributed by atoms with van der Waals surface area (Å²) in [5.74, 6) is 2.40. The summed E-state index contributed by atoms with van der Waals surface area (Å²) in [7, 11) is 3.20. The Morgan fingerprint density at radius 1 is 1.00 bits per heavy atom. The normalized spacial score (nSPS) is 20.2. The number of amidine groups is 1. The minimum absolute atomic E-state index is 0.0216. The fourth-order valence-corrected chi connectivity index (χ4v) is 2.68. The summed E-state index contributed by atoms with van der Waals surface area (Å²) in [5.41, 5.74) is 1.50. The van der Waals surface area contributed by atoms with Crippen molar-refractivity contribution in [2.24, 2.45) is 15.1 Å². The second kappa shape index (κ2) is 6.37. The number of guanidine groups is 1. The van der Waals surface area contributed by atoms with Crippen LogP contribution in [0.5, 0.6) is 11.5 Å². The van der Waals surface area contributed by atoms with Gasteiger partial charge in [0.15, 0.2) is 6.20 Å². The highest BCUT2D eigenvalue weighted by Crippen LogP contribution is 2.31. The van der Waals surface area contributed by atoms with E-state index in [0.29, 0.717) is 23.3 Å². The highest BCUT2D eigenvalue weighted by Gasteiger charge is 2.43. The number of anilines is 1. The van der Waals surface area contributed by atoms with E-state index in [1.54, 1.807) is 45.1 Å². The quantitative estimate of drug-likeness (QED) is 0.853. The van der Waals surface area contributed by atoms with E-state index in [1.165, 1.54) is 6.33 Å². The number of fused-ring (bicyclic) bond motifs is 1. The number of methoxy groups -OCH3 is 2. The molecule has 0 amide bonds. The van der Waals surface area contributed by atoms with E-state index in [2.05, 4.69) is 25.3 Å². The number of nitrogens with one attached hydrogen (secondary N) is 1. The molecule has 0 saturated heterocycles. The summed E-state index contributed by atoms with van der Waals surface area (Å²) in [5, 5.41) is 7.91. The van der Waals surface area contributed by atoms with Crippen molar-refractivity contribution in [1.82, 2.24) is 14.6 Å². The Kier molecular flexibility index (Phi) is 3.90. The van der Waals surface area contributed by atoms with Gasteiger partial charge >= 0.3 is 0 Å². The molecule has 9 nitrogen and oxygen atoms in total. The summed E-state index contributed by atoms with van der Waals surface area (Å²) in [6, 6.07) is 5.46. The Hall–Kier alpha value is -3.59. The largest absolute Gasteiger partial charge is 0.497 e. The summed E-state index contributed by atoms with van der Waals surface area (Å²) >= 11 is 0. The van der Waals surface area contributed by atoms with Gasteiger partial charge in [-0.05, 0) is 5.10 Å². The minimum Gasteiger partial charge on any atom is -0.497 e.